The van der Waals surface area contributed by atoms with Gasteiger partial charge in [-0.25, -0.2) is 8.78 Å². The van der Waals surface area contributed by atoms with Crippen molar-refractivity contribution in [2.75, 3.05) is 20.1 Å². The predicted octanol–water partition coefficient (Wildman–Crippen LogP) is 0.250. The summed E-state index contributed by atoms with van der Waals surface area (Å²) in [6.07, 6.45) is 0.678. The molecule has 2 aliphatic rings. The maximum absolute atomic E-state index is 13.7. The highest BCUT2D eigenvalue weighted by Crippen LogP contribution is 2.27. The first-order valence-electron chi connectivity index (χ1n) is 5.90. The minimum atomic E-state index is -2.93. The maximum atomic E-state index is 13.7. The molecular weight excluding hydrogens is 242 g/mol. The van der Waals surface area contributed by atoms with Crippen molar-refractivity contribution in [3.63, 3.8) is 0 Å². The number of hydrogen-bond donors (Lipinski definition) is 1. The summed E-state index contributed by atoms with van der Waals surface area (Å²) in [5.41, 5.74) is 1.86. The molecule has 1 N–H and O–H groups in total. The molecule has 5 nitrogen and oxygen atoms in total. The van der Waals surface area contributed by atoms with E-state index in [0.29, 0.717) is 18.7 Å². The molecule has 7 heteroatoms. The van der Waals surface area contributed by atoms with Crippen molar-refractivity contribution < 1.29 is 13.6 Å². The molecule has 0 aromatic carbocycles. The summed E-state index contributed by atoms with van der Waals surface area (Å²) in [6.45, 7) is 0.211. The summed E-state index contributed by atoms with van der Waals surface area (Å²) >= 11 is 0. The molecule has 1 amide bonds. The fraction of sp³-hybridized carbons (Fsp3) is 0.636. The van der Waals surface area contributed by atoms with Crippen molar-refractivity contribution in [1.82, 2.24) is 20.0 Å². The van der Waals surface area contributed by atoms with Gasteiger partial charge >= 0.3 is 0 Å². The molecule has 2 aliphatic heterocycles. The molecule has 3 rings (SSSR count). The van der Waals surface area contributed by atoms with Crippen LogP contribution in [0.2, 0.25) is 0 Å². The lowest BCUT2D eigenvalue weighted by Crippen LogP contribution is -2.37. The van der Waals surface area contributed by atoms with E-state index in [0.717, 1.165) is 22.7 Å². The molecule has 18 heavy (non-hydrogen) atoms. The Labute approximate surface area is 103 Å². The summed E-state index contributed by atoms with van der Waals surface area (Å²) < 4.78 is 28.5. The van der Waals surface area contributed by atoms with Gasteiger partial charge in [-0.3, -0.25) is 9.48 Å². The zero-order valence-corrected chi connectivity index (χ0v) is 10.0. The summed E-state index contributed by atoms with van der Waals surface area (Å²) in [6, 6.07) is 0. The molecule has 1 aromatic heterocycles. The fourth-order valence-corrected chi connectivity index (χ4v) is 2.58. The Balaban J connectivity index is 2.13. The monoisotopic (exact) mass is 256 g/mol. The summed E-state index contributed by atoms with van der Waals surface area (Å²) in [5.74, 6) is -3.30. The van der Waals surface area contributed by atoms with Gasteiger partial charge in [0, 0.05) is 32.1 Å². The van der Waals surface area contributed by atoms with E-state index in [4.69, 9.17) is 0 Å². The zero-order valence-electron chi connectivity index (χ0n) is 10.0. The van der Waals surface area contributed by atoms with Crippen LogP contribution in [0.3, 0.4) is 0 Å². The molecule has 0 bridgehead atoms. The first kappa shape index (κ1) is 11.6. The summed E-state index contributed by atoms with van der Waals surface area (Å²) in [7, 11) is 1.40. The minimum absolute atomic E-state index is 0.317. The number of aromatic nitrogens is 2. The van der Waals surface area contributed by atoms with Crippen molar-refractivity contribution in [1.29, 1.82) is 0 Å². The molecule has 0 unspecified atom stereocenters. The number of amides is 1. The topological polar surface area (TPSA) is 50.2 Å². The predicted molar refractivity (Wildman–Crippen MR) is 59.5 cm³/mol. The fourth-order valence-electron chi connectivity index (χ4n) is 2.58. The molecule has 98 valence electrons. The van der Waals surface area contributed by atoms with E-state index in [2.05, 4.69) is 10.4 Å². The van der Waals surface area contributed by atoms with Crippen LogP contribution in [0, 0.1) is 0 Å². The van der Waals surface area contributed by atoms with E-state index >= 15 is 0 Å². The van der Waals surface area contributed by atoms with Gasteiger partial charge in [0.1, 0.15) is 12.2 Å². The van der Waals surface area contributed by atoms with Crippen LogP contribution in [0.5, 0.6) is 0 Å². The second-order valence-corrected chi connectivity index (χ2v) is 4.88. The Hall–Kier alpha value is -1.50. The standard InChI is InChI=1S/C11H14F2N4O/c1-16-5-11(12,13)6-17-9(10(16)18)7-4-14-3-2-8(7)15-17/h14H,2-6H2,1H3. The van der Waals surface area contributed by atoms with Gasteiger partial charge in [-0.1, -0.05) is 0 Å². The van der Waals surface area contributed by atoms with E-state index in [1.165, 1.54) is 11.7 Å². The number of hydrogen-bond acceptors (Lipinski definition) is 3. The van der Waals surface area contributed by atoms with E-state index < -0.39 is 19.0 Å². The third-order valence-electron chi connectivity index (χ3n) is 3.37. The highest BCUT2D eigenvalue weighted by molar-refractivity contribution is 5.94. The van der Waals surface area contributed by atoms with E-state index in [9.17, 15) is 13.6 Å². The SMILES string of the molecule is CN1CC(F)(F)Cn2nc3c(c2C1=O)CNCC3. The second kappa shape index (κ2) is 3.74. The Morgan fingerprint density at radius 3 is 2.94 bits per heavy atom. The molecule has 1 aromatic rings. The average molecular weight is 256 g/mol. The zero-order chi connectivity index (χ0) is 12.9. The van der Waals surface area contributed by atoms with Crippen molar-refractivity contribution in [2.45, 2.75) is 25.4 Å². The summed E-state index contributed by atoms with van der Waals surface area (Å²) in [5, 5.41) is 7.32. The largest absolute Gasteiger partial charge is 0.334 e. The first-order chi connectivity index (χ1) is 8.48. The molecule has 0 spiro atoms. The molecule has 3 heterocycles. The van der Waals surface area contributed by atoms with Gasteiger partial charge in [0.15, 0.2) is 0 Å². The average Bonchev–Trinajstić information content (AvgIpc) is 2.59. The van der Waals surface area contributed by atoms with Crippen LogP contribution in [0.25, 0.3) is 0 Å². The van der Waals surface area contributed by atoms with Gasteiger partial charge in [-0.2, -0.15) is 5.10 Å². The van der Waals surface area contributed by atoms with Crippen molar-refractivity contribution >= 4 is 5.91 Å². The lowest BCUT2D eigenvalue weighted by Gasteiger charge is -2.20. The van der Waals surface area contributed by atoms with E-state index in [1.54, 1.807) is 0 Å². The molecule has 0 fully saturated rings. The quantitative estimate of drug-likeness (QED) is 0.724. The van der Waals surface area contributed by atoms with Gasteiger partial charge in [0.25, 0.3) is 11.8 Å². The highest BCUT2D eigenvalue weighted by Gasteiger charge is 2.40. The van der Waals surface area contributed by atoms with Gasteiger partial charge in [-0.15, -0.1) is 0 Å². The maximum Gasteiger partial charge on any atom is 0.284 e. The molecule has 0 radical (unpaired) electrons. The molecule has 0 saturated heterocycles. The highest BCUT2D eigenvalue weighted by atomic mass is 19.3. The number of fused-ring (bicyclic) bond motifs is 3. The third kappa shape index (κ3) is 1.69. The Morgan fingerprint density at radius 2 is 2.17 bits per heavy atom. The van der Waals surface area contributed by atoms with Gasteiger partial charge in [0.2, 0.25) is 0 Å². The smallest absolute Gasteiger partial charge is 0.284 e. The van der Waals surface area contributed by atoms with Gasteiger partial charge < -0.3 is 10.2 Å². The van der Waals surface area contributed by atoms with Crippen molar-refractivity contribution in [3.05, 3.63) is 17.0 Å². The second-order valence-electron chi connectivity index (χ2n) is 4.88. The van der Waals surface area contributed by atoms with Gasteiger partial charge in [0.05, 0.1) is 12.2 Å². The van der Waals surface area contributed by atoms with E-state index in [-0.39, 0.29) is 5.91 Å². The number of carbonyl (C=O) groups excluding carboxylic acids is 1. The van der Waals surface area contributed by atoms with Crippen molar-refractivity contribution in [2.24, 2.45) is 0 Å². The van der Waals surface area contributed by atoms with Crippen LogP contribution < -0.4 is 5.32 Å². The normalized spacial score (nSPS) is 22.4. The minimum Gasteiger partial charge on any atom is -0.334 e. The molecule has 0 atom stereocenters. The van der Waals surface area contributed by atoms with Crippen LogP contribution >= 0.6 is 0 Å². The number of halogens is 2. The van der Waals surface area contributed by atoms with Crippen LogP contribution in [0.1, 0.15) is 21.7 Å². The lowest BCUT2D eigenvalue weighted by atomic mass is 10.1. The molecule has 0 aliphatic carbocycles. The molecule has 0 saturated carbocycles. The van der Waals surface area contributed by atoms with Crippen LogP contribution in [0.4, 0.5) is 8.78 Å². The first-order valence-corrected chi connectivity index (χ1v) is 5.90. The number of nitrogens with one attached hydrogen (secondary N) is 1. The number of alkyl halides is 2. The van der Waals surface area contributed by atoms with Crippen LogP contribution in [0.15, 0.2) is 0 Å². The number of carbonyl (C=O) groups is 1. The van der Waals surface area contributed by atoms with Crippen LogP contribution in [-0.4, -0.2) is 46.6 Å². The Morgan fingerprint density at radius 1 is 1.39 bits per heavy atom. The van der Waals surface area contributed by atoms with Gasteiger partial charge in [-0.05, 0) is 0 Å². The van der Waals surface area contributed by atoms with E-state index in [1.807, 2.05) is 0 Å². The van der Waals surface area contributed by atoms with Crippen molar-refractivity contribution in [3.8, 4) is 0 Å². The third-order valence-corrected chi connectivity index (χ3v) is 3.37. The number of rotatable bonds is 0. The Bertz CT molecular complexity index is 511. The number of nitrogens with zero attached hydrogens (tertiary/aromatic N) is 3. The summed E-state index contributed by atoms with van der Waals surface area (Å²) in [4.78, 5) is 13.2. The molecular formula is C11H14F2N4O. The Kier molecular flexibility index (Phi) is 2.41. The van der Waals surface area contributed by atoms with Crippen LogP contribution in [-0.2, 0) is 19.5 Å². The lowest BCUT2D eigenvalue weighted by molar-refractivity contribution is -0.0335.